The Morgan fingerprint density at radius 3 is 2.52 bits per heavy atom. The van der Waals surface area contributed by atoms with Gasteiger partial charge in [0.1, 0.15) is 11.6 Å². The average molecular weight is 411 g/mol. The van der Waals surface area contributed by atoms with Crippen LogP contribution in [0.25, 0.3) is 10.1 Å². The second-order valence-corrected chi connectivity index (χ2v) is 9.75. The first kappa shape index (κ1) is 21.4. The molecule has 0 saturated carbocycles. The van der Waals surface area contributed by atoms with Crippen molar-refractivity contribution in [2.45, 2.75) is 57.6 Å². The molecule has 0 radical (unpaired) electrons. The van der Waals surface area contributed by atoms with Gasteiger partial charge in [0, 0.05) is 15.5 Å². The first-order valence-corrected chi connectivity index (χ1v) is 10.8. The Morgan fingerprint density at radius 1 is 1.22 bits per heavy atom. The molecule has 1 aromatic heterocycles. The zero-order valence-electron chi connectivity index (χ0n) is 16.2. The Balaban J connectivity index is 2.10. The summed E-state index contributed by atoms with van der Waals surface area (Å²) in [7, 11) is -1.71. The summed E-state index contributed by atoms with van der Waals surface area (Å²) in [6, 6.07) is 6.76. The van der Waals surface area contributed by atoms with Crippen molar-refractivity contribution in [3.8, 4) is 0 Å². The third kappa shape index (κ3) is 6.32. The molecule has 8 heteroatoms. The molecule has 1 unspecified atom stereocenters. The molecule has 0 aliphatic heterocycles. The fourth-order valence-electron chi connectivity index (χ4n) is 2.47. The van der Waals surface area contributed by atoms with Crippen LogP contribution in [0.4, 0.5) is 4.79 Å². The normalized spacial score (nSPS) is 14.0. The summed E-state index contributed by atoms with van der Waals surface area (Å²) in [4.78, 5) is 25.3. The number of amides is 2. The Bertz CT molecular complexity index is 840. The van der Waals surface area contributed by atoms with Crippen molar-refractivity contribution in [1.82, 2.24) is 10.0 Å². The molecule has 148 valence electrons. The molecule has 2 atom stereocenters. The van der Waals surface area contributed by atoms with E-state index in [1.165, 1.54) is 11.3 Å². The number of carbonyl (C=O) groups excluding carboxylic acids is 2. The molecule has 0 saturated heterocycles. The highest BCUT2D eigenvalue weighted by Crippen LogP contribution is 2.27. The van der Waals surface area contributed by atoms with Crippen molar-refractivity contribution in [3.05, 3.63) is 29.6 Å². The van der Waals surface area contributed by atoms with Gasteiger partial charge < -0.3 is 10.1 Å². The Kier molecular flexibility index (Phi) is 7.00. The van der Waals surface area contributed by atoms with Crippen molar-refractivity contribution in [2.75, 3.05) is 0 Å². The molecule has 6 nitrogen and oxygen atoms in total. The van der Waals surface area contributed by atoms with Gasteiger partial charge in [-0.3, -0.25) is 9.52 Å². The van der Waals surface area contributed by atoms with Gasteiger partial charge >= 0.3 is 6.09 Å². The molecule has 0 aliphatic rings. The van der Waals surface area contributed by atoms with Gasteiger partial charge in [-0.2, -0.15) is 0 Å². The minimum absolute atomic E-state index is 0.158. The van der Waals surface area contributed by atoms with Crippen LogP contribution in [0.2, 0.25) is 0 Å². The van der Waals surface area contributed by atoms with Crippen molar-refractivity contribution >= 4 is 44.4 Å². The van der Waals surface area contributed by atoms with Crippen LogP contribution in [-0.2, 0) is 20.5 Å². The van der Waals surface area contributed by atoms with Gasteiger partial charge in [-0.1, -0.05) is 32.0 Å². The lowest BCUT2D eigenvalue weighted by atomic mass is 10.0. The number of ether oxygens (including phenoxy) is 1. The van der Waals surface area contributed by atoms with Crippen molar-refractivity contribution in [3.63, 3.8) is 0 Å². The first-order chi connectivity index (χ1) is 12.6. The predicted octanol–water partition coefficient (Wildman–Crippen LogP) is 3.98. The number of alkyl carbamates (subject to hydrolysis) is 1. The molecule has 0 aliphatic carbocycles. The van der Waals surface area contributed by atoms with Crippen LogP contribution < -0.4 is 10.0 Å². The Hall–Kier alpha value is -1.93. The summed E-state index contributed by atoms with van der Waals surface area (Å²) in [5.41, 5.74) is -0.665. The fraction of sp³-hybridized carbons (Fsp3) is 0.474. The van der Waals surface area contributed by atoms with Gasteiger partial charge in [0.05, 0.1) is 4.90 Å². The molecule has 1 aromatic carbocycles. The fourth-order valence-corrected chi connectivity index (χ4v) is 4.66. The van der Waals surface area contributed by atoms with E-state index in [4.69, 9.17) is 4.74 Å². The minimum atomic E-state index is -1.71. The van der Waals surface area contributed by atoms with Crippen LogP contribution in [0.3, 0.4) is 0 Å². The smallest absolute Gasteiger partial charge is 0.408 e. The quantitative estimate of drug-likeness (QED) is 0.754. The third-order valence-corrected chi connectivity index (χ3v) is 5.79. The monoisotopic (exact) mass is 410 g/mol. The first-order valence-electron chi connectivity index (χ1n) is 8.75. The number of carbonyl (C=O) groups is 2. The largest absolute Gasteiger partial charge is 0.444 e. The number of rotatable bonds is 6. The number of hydrogen-bond donors (Lipinski definition) is 2. The third-order valence-electron chi connectivity index (χ3n) is 3.55. The van der Waals surface area contributed by atoms with Gasteiger partial charge in [-0.05, 0) is 39.2 Å². The lowest BCUT2D eigenvalue weighted by Crippen LogP contribution is -2.49. The summed E-state index contributed by atoms with van der Waals surface area (Å²) in [5.74, 6) is -0.339. The zero-order chi connectivity index (χ0) is 20.2. The Labute approximate surface area is 166 Å². The maximum absolute atomic E-state index is 12.7. The maximum atomic E-state index is 12.7. The van der Waals surface area contributed by atoms with Crippen LogP contribution in [-0.4, -0.2) is 27.9 Å². The van der Waals surface area contributed by atoms with Crippen LogP contribution in [0, 0.1) is 5.92 Å². The topological polar surface area (TPSA) is 84.5 Å². The van der Waals surface area contributed by atoms with Gasteiger partial charge in [-0.15, -0.1) is 11.3 Å². The highest BCUT2D eigenvalue weighted by Gasteiger charge is 2.26. The highest BCUT2D eigenvalue weighted by molar-refractivity contribution is 7.84. The maximum Gasteiger partial charge on any atom is 0.408 e. The van der Waals surface area contributed by atoms with E-state index >= 15 is 0 Å². The van der Waals surface area contributed by atoms with Crippen LogP contribution in [0.1, 0.15) is 41.0 Å². The van der Waals surface area contributed by atoms with Crippen molar-refractivity contribution < 1.29 is 18.5 Å². The molecule has 2 rings (SSSR count). The summed E-state index contributed by atoms with van der Waals surface area (Å²) in [6.45, 7) is 9.14. The molecule has 0 fully saturated rings. The molecule has 27 heavy (non-hydrogen) atoms. The van der Waals surface area contributed by atoms with E-state index in [1.807, 2.05) is 38.1 Å². The van der Waals surface area contributed by atoms with Crippen molar-refractivity contribution in [1.29, 1.82) is 0 Å². The molecule has 2 amide bonds. The average Bonchev–Trinajstić information content (AvgIpc) is 2.96. The molecule has 2 aromatic rings. The molecular weight excluding hydrogens is 384 g/mol. The number of thiophene rings is 1. The number of fused-ring (bicyclic) bond motifs is 1. The van der Waals surface area contributed by atoms with E-state index in [9.17, 15) is 13.8 Å². The van der Waals surface area contributed by atoms with E-state index in [0.717, 1.165) is 10.1 Å². The van der Waals surface area contributed by atoms with Crippen molar-refractivity contribution in [2.24, 2.45) is 5.92 Å². The summed E-state index contributed by atoms with van der Waals surface area (Å²) in [5, 5.41) is 5.21. The van der Waals surface area contributed by atoms with Gasteiger partial charge in [0.15, 0.2) is 11.0 Å². The van der Waals surface area contributed by atoms with Crippen LogP contribution in [0.5, 0.6) is 0 Å². The predicted molar refractivity (Wildman–Crippen MR) is 109 cm³/mol. The van der Waals surface area contributed by atoms with Gasteiger partial charge in [-0.25, -0.2) is 9.00 Å². The standard InChI is InChI=1S/C19H26N2O4S2/c1-12(2)10-14(20-18(23)25-19(3,4)5)17(22)21-27(24)16-11-26-15-9-7-6-8-13(15)16/h6-9,11-12,14H,10H2,1-5H3,(H,20,23)(H,21,22)/t14-,27?/m0/s1. The summed E-state index contributed by atoms with van der Waals surface area (Å²) in [6.07, 6.45) is -0.262. The summed E-state index contributed by atoms with van der Waals surface area (Å²) < 4.78 is 21.4. The van der Waals surface area contributed by atoms with E-state index in [0.29, 0.717) is 11.3 Å². The van der Waals surface area contributed by atoms with Crippen LogP contribution >= 0.6 is 11.3 Å². The van der Waals surface area contributed by atoms with E-state index in [-0.39, 0.29) is 5.92 Å². The summed E-state index contributed by atoms with van der Waals surface area (Å²) >= 11 is 1.47. The SMILES string of the molecule is CC(C)C[C@H](NC(=O)OC(C)(C)C)C(=O)NS(=O)c1csc2ccccc12. The van der Waals surface area contributed by atoms with E-state index in [1.54, 1.807) is 26.2 Å². The molecule has 0 bridgehead atoms. The second-order valence-electron chi connectivity index (χ2n) is 7.66. The molecule has 1 heterocycles. The Morgan fingerprint density at radius 2 is 1.89 bits per heavy atom. The van der Waals surface area contributed by atoms with Crippen LogP contribution in [0.15, 0.2) is 34.5 Å². The molecule has 0 spiro atoms. The van der Waals surface area contributed by atoms with E-state index in [2.05, 4.69) is 10.0 Å². The minimum Gasteiger partial charge on any atom is -0.444 e. The lowest BCUT2D eigenvalue weighted by Gasteiger charge is -2.24. The zero-order valence-corrected chi connectivity index (χ0v) is 17.8. The molecular formula is C19H26N2O4S2. The van der Waals surface area contributed by atoms with Gasteiger partial charge in [0.2, 0.25) is 0 Å². The lowest BCUT2D eigenvalue weighted by molar-refractivity contribution is -0.121. The number of hydrogen-bond acceptors (Lipinski definition) is 5. The number of benzene rings is 1. The number of nitrogens with one attached hydrogen (secondary N) is 2. The van der Waals surface area contributed by atoms with Gasteiger partial charge in [0.25, 0.3) is 5.91 Å². The second kappa shape index (κ2) is 8.84. The van der Waals surface area contributed by atoms with E-state index < -0.39 is 34.6 Å². The highest BCUT2D eigenvalue weighted by atomic mass is 32.2. The molecule has 2 N–H and O–H groups in total.